The molecule has 0 spiro atoms. The lowest BCUT2D eigenvalue weighted by atomic mass is 9.97. The molecular formula is C9H19ClN2. The van der Waals surface area contributed by atoms with Gasteiger partial charge in [0, 0.05) is 12.6 Å². The molecule has 12 heavy (non-hydrogen) atoms. The molecular weight excluding hydrogens is 172 g/mol. The van der Waals surface area contributed by atoms with Gasteiger partial charge in [0.2, 0.25) is 0 Å². The second kappa shape index (κ2) is 4.45. The summed E-state index contributed by atoms with van der Waals surface area (Å²) >= 11 is 0. The van der Waals surface area contributed by atoms with Crippen LogP contribution in [0.2, 0.25) is 0 Å². The summed E-state index contributed by atoms with van der Waals surface area (Å²) in [5.41, 5.74) is 0. The number of nitrogens with zero attached hydrogens (tertiary/aromatic N) is 1. The maximum absolute atomic E-state index is 5.89. The van der Waals surface area contributed by atoms with Gasteiger partial charge in [0.15, 0.2) is 0 Å². The number of hydrazine groups is 1. The van der Waals surface area contributed by atoms with Crippen LogP contribution in [0.25, 0.3) is 0 Å². The van der Waals surface area contributed by atoms with Crippen LogP contribution in [0.1, 0.15) is 38.5 Å². The normalized spacial score (nSPS) is 32.2. The van der Waals surface area contributed by atoms with E-state index in [4.69, 9.17) is 5.84 Å². The van der Waals surface area contributed by atoms with E-state index in [0.29, 0.717) is 0 Å². The minimum Gasteiger partial charge on any atom is -0.269 e. The lowest BCUT2D eigenvalue weighted by molar-refractivity contribution is 0.194. The average Bonchev–Trinajstić information content (AvgIpc) is 2.55. The van der Waals surface area contributed by atoms with Gasteiger partial charge in [-0.2, -0.15) is 0 Å². The van der Waals surface area contributed by atoms with Crippen molar-refractivity contribution in [3.63, 3.8) is 0 Å². The first-order chi connectivity index (χ1) is 5.38. The van der Waals surface area contributed by atoms with Crippen molar-refractivity contribution in [2.45, 2.75) is 44.6 Å². The molecule has 0 aromatic heterocycles. The smallest absolute Gasteiger partial charge is 0.0269 e. The summed E-state index contributed by atoms with van der Waals surface area (Å²) in [6.07, 6.45) is 8.40. The molecule has 1 atom stereocenters. The average molecular weight is 191 g/mol. The molecule has 0 amide bonds. The van der Waals surface area contributed by atoms with Crippen LogP contribution in [0.4, 0.5) is 0 Å². The standard InChI is InChI=1S/C9H18N2.ClH/c10-11-7-3-6-9(11)8-4-1-2-5-8;/h8-9H,1-7,10H2;1H. The summed E-state index contributed by atoms with van der Waals surface area (Å²) in [6.45, 7) is 1.13. The van der Waals surface area contributed by atoms with Crippen LogP contribution in [0.3, 0.4) is 0 Å². The van der Waals surface area contributed by atoms with E-state index in [0.717, 1.165) is 18.5 Å². The summed E-state index contributed by atoms with van der Waals surface area (Å²) in [7, 11) is 0. The first-order valence-electron chi connectivity index (χ1n) is 4.89. The van der Waals surface area contributed by atoms with E-state index < -0.39 is 0 Å². The molecule has 1 unspecified atom stereocenters. The van der Waals surface area contributed by atoms with E-state index in [-0.39, 0.29) is 12.4 Å². The van der Waals surface area contributed by atoms with Crippen molar-refractivity contribution >= 4 is 12.4 Å². The minimum atomic E-state index is 0. The summed E-state index contributed by atoms with van der Waals surface area (Å²) in [5.74, 6) is 6.82. The third-order valence-electron chi connectivity index (χ3n) is 3.29. The zero-order valence-corrected chi connectivity index (χ0v) is 8.35. The molecule has 2 nitrogen and oxygen atoms in total. The fourth-order valence-corrected chi connectivity index (χ4v) is 2.66. The highest BCUT2D eigenvalue weighted by molar-refractivity contribution is 5.85. The summed E-state index contributed by atoms with van der Waals surface area (Å²) in [6, 6.07) is 0.734. The van der Waals surface area contributed by atoms with E-state index in [2.05, 4.69) is 5.01 Å². The van der Waals surface area contributed by atoms with Crippen molar-refractivity contribution in [1.82, 2.24) is 5.01 Å². The zero-order valence-electron chi connectivity index (χ0n) is 7.54. The van der Waals surface area contributed by atoms with Gasteiger partial charge in [-0.15, -0.1) is 12.4 Å². The first-order valence-corrected chi connectivity index (χ1v) is 4.89. The zero-order chi connectivity index (χ0) is 7.68. The molecule has 2 fully saturated rings. The van der Waals surface area contributed by atoms with Crippen molar-refractivity contribution in [3.05, 3.63) is 0 Å². The lowest BCUT2D eigenvalue weighted by Crippen LogP contribution is -2.39. The molecule has 3 heteroatoms. The predicted molar refractivity (Wildman–Crippen MR) is 53.1 cm³/mol. The Balaban J connectivity index is 0.000000720. The fraction of sp³-hybridized carbons (Fsp3) is 1.00. The van der Waals surface area contributed by atoms with Gasteiger partial charge in [-0.05, 0) is 31.6 Å². The molecule has 0 aromatic rings. The summed E-state index contributed by atoms with van der Waals surface area (Å²) < 4.78 is 0. The lowest BCUT2D eigenvalue weighted by Gasteiger charge is -2.24. The van der Waals surface area contributed by atoms with E-state index >= 15 is 0 Å². The molecule has 1 heterocycles. The number of rotatable bonds is 1. The maximum atomic E-state index is 5.89. The maximum Gasteiger partial charge on any atom is 0.0269 e. The van der Waals surface area contributed by atoms with Crippen molar-refractivity contribution in [3.8, 4) is 0 Å². The Hall–Kier alpha value is 0.210. The third-order valence-corrected chi connectivity index (χ3v) is 3.29. The van der Waals surface area contributed by atoms with Crippen LogP contribution >= 0.6 is 12.4 Å². The number of hydrogen-bond donors (Lipinski definition) is 1. The van der Waals surface area contributed by atoms with Gasteiger partial charge in [0.25, 0.3) is 0 Å². The predicted octanol–water partition coefficient (Wildman–Crippen LogP) is 1.94. The number of nitrogens with two attached hydrogens (primary N) is 1. The Labute approximate surface area is 80.9 Å². The van der Waals surface area contributed by atoms with E-state index in [1.807, 2.05) is 0 Å². The second-order valence-corrected chi connectivity index (χ2v) is 3.99. The Bertz CT molecular complexity index is 134. The quantitative estimate of drug-likeness (QED) is 0.641. The number of hydrogen-bond acceptors (Lipinski definition) is 2. The van der Waals surface area contributed by atoms with Gasteiger partial charge in [-0.25, -0.2) is 5.01 Å². The van der Waals surface area contributed by atoms with E-state index in [1.165, 1.54) is 38.5 Å². The van der Waals surface area contributed by atoms with Crippen LogP contribution in [-0.2, 0) is 0 Å². The van der Waals surface area contributed by atoms with Gasteiger partial charge in [0.1, 0.15) is 0 Å². The van der Waals surface area contributed by atoms with Crippen molar-refractivity contribution in [2.75, 3.05) is 6.54 Å². The highest BCUT2D eigenvalue weighted by Gasteiger charge is 2.31. The molecule has 2 aliphatic rings. The molecule has 72 valence electrons. The molecule has 2 rings (SSSR count). The van der Waals surface area contributed by atoms with Gasteiger partial charge in [-0.1, -0.05) is 12.8 Å². The van der Waals surface area contributed by atoms with Crippen molar-refractivity contribution in [1.29, 1.82) is 0 Å². The van der Waals surface area contributed by atoms with E-state index in [1.54, 1.807) is 0 Å². The van der Waals surface area contributed by atoms with Crippen LogP contribution in [0, 0.1) is 5.92 Å². The largest absolute Gasteiger partial charge is 0.269 e. The molecule has 1 aliphatic heterocycles. The van der Waals surface area contributed by atoms with Crippen LogP contribution in [0.15, 0.2) is 0 Å². The van der Waals surface area contributed by atoms with E-state index in [9.17, 15) is 0 Å². The van der Waals surface area contributed by atoms with Gasteiger partial charge >= 0.3 is 0 Å². The van der Waals surface area contributed by atoms with Gasteiger partial charge < -0.3 is 0 Å². The Morgan fingerprint density at radius 3 is 2.17 bits per heavy atom. The van der Waals surface area contributed by atoms with Crippen LogP contribution in [-0.4, -0.2) is 17.6 Å². The SMILES string of the molecule is Cl.NN1CCCC1C1CCCC1. The molecule has 0 radical (unpaired) electrons. The topological polar surface area (TPSA) is 29.3 Å². The first kappa shape index (κ1) is 10.3. The highest BCUT2D eigenvalue weighted by Crippen LogP contribution is 2.33. The fourth-order valence-electron chi connectivity index (χ4n) is 2.66. The van der Waals surface area contributed by atoms with Gasteiger partial charge in [-0.3, -0.25) is 5.84 Å². The number of halogens is 1. The Kier molecular flexibility index (Phi) is 3.81. The van der Waals surface area contributed by atoms with Crippen LogP contribution in [0.5, 0.6) is 0 Å². The third kappa shape index (κ3) is 1.93. The molecule has 0 bridgehead atoms. The molecule has 1 saturated heterocycles. The molecule has 1 saturated carbocycles. The van der Waals surface area contributed by atoms with Gasteiger partial charge in [0.05, 0.1) is 0 Å². The van der Waals surface area contributed by atoms with Crippen LogP contribution < -0.4 is 5.84 Å². The second-order valence-electron chi connectivity index (χ2n) is 3.99. The monoisotopic (exact) mass is 190 g/mol. The Morgan fingerprint density at radius 1 is 1.00 bits per heavy atom. The van der Waals surface area contributed by atoms with Crippen molar-refractivity contribution < 1.29 is 0 Å². The Morgan fingerprint density at radius 2 is 1.67 bits per heavy atom. The minimum absolute atomic E-state index is 0. The molecule has 1 aliphatic carbocycles. The summed E-state index contributed by atoms with van der Waals surface area (Å²) in [4.78, 5) is 0. The summed E-state index contributed by atoms with van der Waals surface area (Å²) in [5, 5.41) is 2.08. The highest BCUT2D eigenvalue weighted by atomic mass is 35.5. The molecule has 0 aromatic carbocycles. The van der Waals surface area contributed by atoms with Crippen molar-refractivity contribution in [2.24, 2.45) is 11.8 Å². The molecule has 2 N–H and O–H groups in total.